The lowest BCUT2D eigenvalue weighted by Crippen LogP contribution is -2.17. The second kappa shape index (κ2) is 8.40. The van der Waals surface area contributed by atoms with E-state index in [1.54, 1.807) is 25.4 Å². The van der Waals surface area contributed by atoms with Gasteiger partial charge in [-0.3, -0.25) is 9.78 Å². The lowest BCUT2D eigenvalue weighted by molar-refractivity contribution is 0.102. The Kier molecular flexibility index (Phi) is 5.76. The zero-order valence-electron chi connectivity index (χ0n) is 15.8. The van der Waals surface area contributed by atoms with Crippen LogP contribution < -0.4 is 10.6 Å². The Hall–Kier alpha value is -3.28. The Morgan fingerprint density at radius 2 is 1.96 bits per heavy atom. The molecule has 0 fully saturated rings. The van der Waals surface area contributed by atoms with Crippen molar-refractivity contribution in [3.8, 4) is 0 Å². The molecule has 1 aromatic carbocycles. The van der Waals surface area contributed by atoms with Crippen molar-refractivity contribution in [3.05, 3.63) is 77.0 Å². The van der Waals surface area contributed by atoms with Crippen LogP contribution in [-0.2, 0) is 13.0 Å². The summed E-state index contributed by atoms with van der Waals surface area (Å²) in [6.07, 6.45) is 4.37. The maximum absolute atomic E-state index is 12.8. The minimum absolute atomic E-state index is 0.242. The van der Waals surface area contributed by atoms with Gasteiger partial charge in [-0.25, -0.2) is 9.97 Å². The summed E-state index contributed by atoms with van der Waals surface area (Å²) in [6.45, 7) is 6.40. The van der Waals surface area contributed by atoms with Gasteiger partial charge in [-0.05, 0) is 43.0 Å². The highest BCUT2D eigenvalue weighted by Crippen LogP contribution is 2.22. The summed E-state index contributed by atoms with van der Waals surface area (Å²) >= 11 is 0. The summed E-state index contributed by atoms with van der Waals surface area (Å²) in [5.74, 6) is 0.905. The second-order valence-corrected chi connectivity index (χ2v) is 6.32. The Balaban J connectivity index is 1.78. The Bertz CT molecular complexity index is 941. The number of carbonyl (C=O) groups is 1. The molecule has 0 radical (unpaired) electrons. The average Bonchev–Trinajstić information content (AvgIpc) is 2.68. The third-order valence-electron chi connectivity index (χ3n) is 4.25. The summed E-state index contributed by atoms with van der Waals surface area (Å²) in [7, 11) is 0. The van der Waals surface area contributed by atoms with Gasteiger partial charge in [0.15, 0.2) is 0 Å². The molecule has 0 spiro atoms. The summed E-state index contributed by atoms with van der Waals surface area (Å²) in [6, 6.07) is 11.5. The third kappa shape index (κ3) is 4.67. The van der Waals surface area contributed by atoms with Gasteiger partial charge in [0, 0.05) is 30.7 Å². The highest BCUT2D eigenvalue weighted by atomic mass is 16.1. The molecule has 6 nitrogen and oxygen atoms in total. The van der Waals surface area contributed by atoms with Crippen LogP contribution in [0.2, 0.25) is 0 Å². The number of carbonyl (C=O) groups excluding carboxylic acids is 1. The Morgan fingerprint density at radius 3 is 2.70 bits per heavy atom. The van der Waals surface area contributed by atoms with Crippen LogP contribution in [0.25, 0.3) is 0 Å². The van der Waals surface area contributed by atoms with E-state index in [4.69, 9.17) is 0 Å². The normalized spacial score (nSPS) is 10.5. The first-order valence-corrected chi connectivity index (χ1v) is 8.95. The average molecular weight is 361 g/mol. The van der Waals surface area contributed by atoms with E-state index in [1.165, 1.54) is 0 Å². The first-order valence-electron chi connectivity index (χ1n) is 8.95. The van der Waals surface area contributed by atoms with Crippen LogP contribution in [-0.4, -0.2) is 20.9 Å². The highest BCUT2D eigenvalue weighted by Gasteiger charge is 2.14. The Morgan fingerprint density at radius 1 is 1.11 bits per heavy atom. The van der Waals surface area contributed by atoms with Crippen LogP contribution in [0.15, 0.2) is 48.8 Å². The van der Waals surface area contributed by atoms with Crippen LogP contribution in [0.3, 0.4) is 0 Å². The van der Waals surface area contributed by atoms with Crippen molar-refractivity contribution in [2.75, 3.05) is 10.6 Å². The van der Waals surface area contributed by atoms with Gasteiger partial charge in [0.25, 0.3) is 5.91 Å². The van der Waals surface area contributed by atoms with Crippen LogP contribution >= 0.6 is 0 Å². The molecule has 0 saturated carbocycles. The third-order valence-corrected chi connectivity index (χ3v) is 4.25. The van der Waals surface area contributed by atoms with E-state index >= 15 is 0 Å². The zero-order chi connectivity index (χ0) is 19.2. The molecule has 138 valence electrons. The number of nitrogens with zero attached hydrogens (tertiary/aromatic N) is 3. The molecule has 0 aliphatic carbocycles. The zero-order valence-corrected chi connectivity index (χ0v) is 15.8. The number of amides is 1. The molecule has 27 heavy (non-hydrogen) atoms. The molecule has 0 aliphatic rings. The second-order valence-electron chi connectivity index (χ2n) is 6.32. The lowest BCUT2D eigenvalue weighted by Gasteiger charge is -2.13. The molecule has 2 heterocycles. The van der Waals surface area contributed by atoms with E-state index in [2.05, 4.69) is 32.5 Å². The maximum Gasteiger partial charge on any atom is 0.274 e. The molecule has 3 aromatic rings. The maximum atomic E-state index is 12.8. The van der Waals surface area contributed by atoms with E-state index in [0.29, 0.717) is 23.9 Å². The van der Waals surface area contributed by atoms with Crippen LogP contribution in [0.4, 0.5) is 11.5 Å². The van der Waals surface area contributed by atoms with Crippen molar-refractivity contribution in [1.29, 1.82) is 0 Å². The monoisotopic (exact) mass is 361 g/mol. The fraction of sp³-hybridized carbons (Fsp3) is 0.238. The number of para-hydroxylation sites is 1. The SMILES string of the molecule is CCc1cccc(C)c1NC(=O)c1cc(NCc2cccnc2)nc(C)n1. The van der Waals surface area contributed by atoms with E-state index in [9.17, 15) is 4.79 Å². The molecule has 3 rings (SSSR count). The molecular formula is C21H23N5O. The first-order chi connectivity index (χ1) is 13.1. The number of aryl methyl sites for hydroxylation is 3. The number of pyridine rings is 1. The standard InChI is InChI=1S/C21H23N5O/c1-4-17-9-5-7-14(2)20(17)26-21(27)18-11-19(25-15(3)24-18)23-13-16-8-6-10-22-12-16/h5-12H,4,13H2,1-3H3,(H,26,27)(H,23,24,25). The quantitative estimate of drug-likeness (QED) is 0.696. The van der Waals surface area contributed by atoms with Gasteiger partial charge in [-0.2, -0.15) is 0 Å². The van der Waals surface area contributed by atoms with Crippen LogP contribution in [0, 0.1) is 13.8 Å². The highest BCUT2D eigenvalue weighted by molar-refractivity contribution is 6.04. The van der Waals surface area contributed by atoms with Crippen molar-refractivity contribution < 1.29 is 4.79 Å². The van der Waals surface area contributed by atoms with Crippen molar-refractivity contribution >= 4 is 17.4 Å². The largest absolute Gasteiger partial charge is 0.366 e. The summed E-state index contributed by atoms with van der Waals surface area (Å²) in [5, 5.41) is 6.23. The van der Waals surface area contributed by atoms with Gasteiger partial charge in [-0.1, -0.05) is 31.2 Å². The van der Waals surface area contributed by atoms with E-state index < -0.39 is 0 Å². The number of hydrogen-bond donors (Lipinski definition) is 2. The lowest BCUT2D eigenvalue weighted by atomic mass is 10.1. The van der Waals surface area contributed by atoms with Gasteiger partial charge in [0.05, 0.1) is 0 Å². The van der Waals surface area contributed by atoms with E-state index in [1.807, 2.05) is 37.3 Å². The first kappa shape index (κ1) is 18.5. The number of anilines is 2. The topological polar surface area (TPSA) is 79.8 Å². The molecule has 1 amide bonds. The molecular weight excluding hydrogens is 338 g/mol. The van der Waals surface area contributed by atoms with Gasteiger partial charge in [-0.15, -0.1) is 0 Å². The minimum Gasteiger partial charge on any atom is -0.366 e. The number of nitrogens with one attached hydrogen (secondary N) is 2. The van der Waals surface area contributed by atoms with Crippen molar-refractivity contribution in [2.24, 2.45) is 0 Å². The van der Waals surface area contributed by atoms with Crippen molar-refractivity contribution in [3.63, 3.8) is 0 Å². The predicted molar refractivity (Wildman–Crippen MR) is 107 cm³/mol. The Labute approximate surface area is 159 Å². The molecule has 0 aliphatic heterocycles. The molecule has 0 unspecified atom stereocenters. The molecule has 0 bridgehead atoms. The van der Waals surface area contributed by atoms with Gasteiger partial charge in [0.2, 0.25) is 0 Å². The number of benzene rings is 1. The fourth-order valence-corrected chi connectivity index (χ4v) is 2.85. The molecule has 0 atom stereocenters. The predicted octanol–water partition coefficient (Wildman–Crippen LogP) is 3.92. The smallest absolute Gasteiger partial charge is 0.274 e. The van der Waals surface area contributed by atoms with Crippen molar-refractivity contribution in [2.45, 2.75) is 33.7 Å². The molecule has 0 saturated heterocycles. The number of rotatable bonds is 6. The van der Waals surface area contributed by atoms with Gasteiger partial charge in [0.1, 0.15) is 17.3 Å². The fourth-order valence-electron chi connectivity index (χ4n) is 2.85. The van der Waals surface area contributed by atoms with E-state index in [0.717, 1.165) is 28.8 Å². The van der Waals surface area contributed by atoms with Crippen LogP contribution in [0.1, 0.15) is 39.9 Å². The summed E-state index contributed by atoms with van der Waals surface area (Å²) in [4.78, 5) is 25.5. The molecule has 2 aromatic heterocycles. The van der Waals surface area contributed by atoms with Gasteiger partial charge >= 0.3 is 0 Å². The molecule has 6 heteroatoms. The van der Waals surface area contributed by atoms with Crippen LogP contribution in [0.5, 0.6) is 0 Å². The van der Waals surface area contributed by atoms with E-state index in [-0.39, 0.29) is 5.91 Å². The molecule has 2 N–H and O–H groups in total. The number of hydrogen-bond acceptors (Lipinski definition) is 5. The minimum atomic E-state index is -0.242. The van der Waals surface area contributed by atoms with Gasteiger partial charge < -0.3 is 10.6 Å². The number of aromatic nitrogens is 3. The summed E-state index contributed by atoms with van der Waals surface area (Å²) in [5.41, 5.74) is 4.35. The summed E-state index contributed by atoms with van der Waals surface area (Å²) < 4.78 is 0. The van der Waals surface area contributed by atoms with Crippen molar-refractivity contribution in [1.82, 2.24) is 15.0 Å².